The van der Waals surface area contributed by atoms with Gasteiger partial charge >= 0.3 is 0 Å². The molecule has 2 aromatic rings. The van der Waals surface area contributed by atoms with Gasteiger partial charge in [0.25, 0.3) is 11.8 Å². The van der Waals surface area contributed by atoms with Crippen molar-refractivity contribution in [3.05, 3.63) is 65.6 Å². The van der Waals surface area contributed by atoms with Crippen LogP contribution >= 0.6 is 0 Å². The second kappa shape index (κ2) is 10.1. The molecule has 0 N–H and O–H groups in total. The molecule has 0 radical (unpaired) electrons. The van der Waals surface area contributed by atoms with E-state index >= 15 is 0 Å². The molecule has 0 saturated heterocycles. The number of likely N-dealkylation sites (N-methyl/N-ethyl adjacent to an activating group) is 1. The SMILES string of the molecule is CCCN1C(=O)C(c2ccc(OCC)cc2)=C(N(CC)CCc2ccncc2)C1=O. The fourth-order valence-electron chi connectivity index (χ4n) is 3.67. The van der Waals surface area contributed by atoms with Crippen LogP contribution in [0.15, 0.2) is 54.5 Å². The number of aromatic nitrogens is 1. The maximum absolute atomic E-state index is 13.2. The molecule has 1 aliphatic heterocycles. The molecular formula is C24H29N3O3. The maximum Gasteiger partial charge on any atom is 0.277 e. The van der Waals surface area contributed by atoms with E-state index in [-0.39, 0.29) is 11.8 Å². The van der Waals surface area contributed by atoms with Gasteiger partial charge in [0.05, 0.1) is 12.2 Å². The fourth-order valence-corrected chi connectivity index (χ4v) is 3.67. The van der Waals surface area contributed by atoms with Crippen LogP contribution in [0.2, 0.25) is 0 Å². The molecule has 0 bridgehead atoms. The monoisotopic (exact) mass is 407 g/mol. The van der Waals surface area contributed by atoms with E-state index in [1.165, 1.54) is 4.90 Å². The number of benzene rings is 1. The van der Waals surface area contributed by atoms with Crippen molar-refractivity contribution in [2.75, 3.05) is 26.2 Å². The summed E-state index contributed by atoms with van der Waals surface area (Å²) < 4.78 is 5.52. The first kappa shape index (κ1) is 21.6. The summed E-state index contributed by atoms with van der Waals surface area (Å²) in [5, 5.41) is 0. The van der Waals surface area contributed by atoms with Crippen molar-refractivity contribution >= 4 is 17.4 Å². The van der Waals surface area contributed by atoms with Crippen LogP contribution in [0.4, 0.5) is 0 Å². The number of nitrogens with zero attached hydrogens (tertiary/aromatic N) is 3. The predicted molar refractivity (Wildman–Crippen MR) is 117 cm³/mol. The Morgan fingerprint density at radius 3 is 2.27 bits per heavy atom. The van der Waals surface area contributed by atoms with E-state index in [2.05, 4.69) is 4.98 Å². The molecule has 1 aromatic carbocycles. The summed E-state index contributed by atoms with van der Waals surface area (Å²) in [4.78, 5) is 33.9. The van der Waals surface area contributed by atoms with Gasteiger partial charge in [-0.1, -0.05) is 19.1 Å². The molecule has 0 fully saturated rings. The van der Waals surface area contributed by atoms with Gasteiger partial charge < -0.3 is 9.64 Å². The van der Waals surface area contributed by atoms with Crippen LogP contribution in [-0.2, 0) is 16.0 Å². The number of hydrogen-bond donors (Lipinski definition) is 0. The van der Waals surface area contributed by atoms with Crippen LogP contribution in [0.3, 0.4) is 0 Å². The Morgan fingerprint density at radius 2 is 1.67 bits per heavy atom. The van der Waals surface area contributed by atoms with Gasteiger partial charge in [-0.05, 0) is 62.1 Å². The Bertz CT molecular complexity index is 907. The van der Waals surface area contributed by atoms with Crippen molar-refractivity contribution in [1.29, 1.82) is 0 Å². The Kier molecular flexibility index (Phi) is 7.22. The average Bonchev–Trinajstić information content (AvgIpc) is 3.01. The van der Waals surface area contributed by atoms with E-state index in [9.17, 15) is 9.59 Å². The van der Waals surface area contributed by atoms with Crippen molar-refractivity contribution in [2.45, 2.75) is 33.6 Å². The predicted octanol–water partition coefficient (Wildman–Crippen LogP) is 3.53. The number of carbonyl (C=O) groups is 2. The van der Waals surface area contributed by atoms with Crippen LogP contribution in [0, 0.1) is 0 Å². The lowest BCUT2D eigenvalue weighted by Gasteiger charge is -2.24. The zero-order valence-corrected chi connectivity index (χ0v) is 17.9. The molecule has 6 heteroatoms. The van der Waals surface area contributed by atoms with E-state index < -0.39 is 0 Å². The smallest absolute Gasteiger partial charge is 0.277 e. The van der Waals surface area contributed by atoms with Gasteiger partial charge in [0, 0.05) is 32.0 Å². The third kappa shape index (κ3) is 4.53. The zero-order valence-electron chi connectivity index (χ0n) is 17.9. The normalized spacial score (nSPS) is 13.9. The van der Waals surface area contributed by atoms with Crippen molar-refractivity contribution in [1.82, 2.24) is 14.8 Å². The molecule has 0 unspecified atom stereocenters. The van der Waals surface area contributed by atoms with E-state index in [0.29, 0.717) is 37.5 Å². The largest absolute Gasteiger partial charge is 0.494 e. The first-order valence-electron chi connectivity index (χ1n) is 10.6. The quantitative estimate of drug-likeness (QED) is 0.564. The van der Waals surface area contributed by atoms with Gasteiger partial charge in [-0.25, -0.2) is 0 Å². The molecule has 0 atom stereocenters. The van der Waals surface area contributed by atoms with Gasteiger partial charge in [0.2, 0.25) is 0 Å². The second-order valence-corrected chi connectivity index (χ2v) is 7.13. The topological polar surface area (TPSA) is 62.7 Å². The Hall–Kier alpha value is -3.15. The Morgan fingerprint density at radius 1 is 0.967 bits per heavy atom. The number of amides is 2. The first-order chi connectivity index (χ1) is 14.6. The zero-order chi connectivity index (χ0) is 21.5. The number of hydrogen-bond acceptors (Lipinski definition) is 5. The molecule has 1 aliphatic rings. The van der Waals surface area contributed by atoms with E-state index in [4.69, 9.17) is 4.74 Å². The summed E-state index contributed by atoms with van der Waals surface area (Å²) in [7, 11) is 0. The molecular weight excluding hydrogens is 378 g/mol. The molecule has 3 rings (SSSR count). The third-order valence-electron chi connectivity index (χ3n) is 5.16. The van der Waals surface area contributed by atoms with Crippen LogP contribution in [0.5, 0.6) is 5.75 Å². The Labute approximate surface area is 178 Å². The van der Waals surface area contributed by atoms with Gasteiger partial charge in [-0.3, -0.25) is 19.5 Å². The summed E-state index contributed by atoms with van der Waals surface area (Å²) in [5.74, 6) is 0.321. The molecule has 0 saturated carbocycles. The minimum Gasteiger partial charge on any atom is -0.494 e. The number of ether oxygens (including phenoxy) is 1. The number of pyridine rings is 1. The van der Waals surface area contributed by atoms with Gasteiger partial charge in [0.1, 0.15) is 11.4 Å². The van der Waals surface area contributed by atoms with Crippen LogP contribution in [0.25, 0.3) is 5.57 Å². The summed E-state index contributed by atoms with van der Waals surface area (Å²) in [6.07, 6.45) is 5.03. The molecule has 158 valence electrons. The molecule has 2 amide bonds. The molecule has 2 heterocycles. The minimum atomic E-state index is -0.219. The molecule has 0 aliphatic carbocycles. The summed E-state index contributed by atoms with van der Waals surface area (Å²) in [6.45, 7) is 8.19. The van der Waals surface area contributed by atoms with E-state index in [1.807, 2.05) is 62.1 Å². The van der Waals surface area contributed by atoms with Gasteiger partial charge in [-0.15, -0.1) is 0 Å². The van der Waals surface area contributed by atoms with Crippen molar-refractivity contribution in [3.8, 4) is 5.75 Å². The van der Waals surface area contributed by atoms with Gasteiger partial charge in [0.15, 0.2) is 0 Å². The molecule has 0 spiro atoms. The molecule has 30 heavy (non-hydrogen) atoms. The summed E-state index contributed by atoms with van der Waals surface area (Å²) >= 11 is 0. The minimum absolute atomic E-state index is 0.206. The van der Waals surface area contributed by atoms with Crippen LogP contribution in [-0.4, -0.2) is 52.8 Å². The number of carbonyl (C=O) groups excluding carboxylic acids is 2. The third-order valence-corrected chi connectivity index (χ3v) is 5.16. The highest BCUT2D eigenvalue weighted by Gasteiger charge is 2.40. The van der Waals surface area contributed by atoms with Gasteiger partial charge in [-0.2, -0.15) is 0 Å². The van der Waals surface area contributed by atoms with Crippen molar-refractivity contribution in [3.63, 3.8) is 0 Å². The van der Waals surface area contributed by atoms with Crippen molar-refractivity contribution < 1.29 is 14.3 Å². The first-order valence-corrected chi connectivity index (χ1v) is 10.6. The molecule has 6 nitrogen and oxygen atoms in total. The fraction of sp³-hybridized carbons (Fsp3) is 0.375. The molecule has 1 aromatic heterocycles. The second-order valence-electron chi connectivity index (χ2n) is 7.13. The standard InChI is InChI=1S/C24H29N3O3/c1-4-16-27-23(28)21(19-7-9-20(10-8-19)30-6-3)22(24(27)29)26(5-2)17-13-18-11-14-25-15-12-18/h7-12,14-15H,4-6,13,16-17H2,1-3H3. The summed E-state index contributed by atoms with van der Waals surface area (Å²) in [5.41, 5.74) is 2.86. The average molecular weight is 408 g/mol. The lowest BCUT2D eigenvalue weighted by Crippen LogP contribution is -2.36. The van der Waals surface area contributed by atoms with Crippen LogP contribution < -0.4 is 4.74 Å². The highest BCUT2D eigenvalue weighted by molar-refractivity contribution is 6.35. The van der Waals surface area contributed by atoms with E-state index in [1.54, 1.807) is 12.4 Å². The highest BCUT2D eigenvalue weighted by Crippen LogP contribution is 2.32. The highest BCUT2D eigenvalue weighted by atomic mass is 16.5. The number of rotatable bonds is 10. The lowest BCUT2D eigenvalue weighted by molar-refractivity contribution is -0.137. The van der Waals surface area contributed by atoms with E-state index in [0.717, 1.165) is 29.7 Å². The Balaban J connectivity index is 1.96. The maximum atomic E-state index is 13.2. The van der Waals surface area contributed by atoms with Crippen LogP contribution in [0.1, 0.15) is 38.3 Å². The lowest BCUT2D eigenvalue weighted by atomic mass is 10.0. The number of imide groups is 1. The summed E-state index contributed by atoms with van der Waals surface area (Å²) in [6, 6.07) is 11.4. The van der Waals surface area contributed by atoms with Crippen molar-refractivity contribution in [2.24, 2.45) is 0 Å².